The Morgan fingerprint density at radius 2 is 1.35 bits per heavy atom. The number of rotatable bonds is 3. The van der Waals surface area contributed by atoms with E-state index in [9.17, 15) is 4.39 Å². The summed E-state index contributed by atoms with van der Waals surface area (Å²) in [7, 11) is 0. The summed E-state index contributed by atoms with van der Waals surface area (Å²) in [6.45, 7) is 1.95. The zero-order valence-corrected chi connectivity index (χ0v) is 12.7. The fourth-order valence-electron chi connectivity index (χ4n) is 2.40. The van der Waals surface area contributed by atoms with Crippen molar-refractivity contribution in [2.45, 2.75) is 6.92 Å². The predicted octanol–water partition coefficient (Wildman–Crippen LogP) is 4.76. The van der Waals surface area contributed by atoms with Gasteiger partial charge in [0.2, 0.25) is 0 Å². The van der Waals surface area contributed by atoms with Crippen LogP contribution in [0.5, 0.6) is 11.5 Å². The van der Waals surface area contributed by atoms with Crippen LogP contribution in [0.3, 0.4) is 0 Å². The molecule has 3 aromatic rings. The SMILES string of the molecule is Cc1c(-c2ccc(Oc3ccc(F)cc3)cc2)ccc(N)c1N. The first-order valence-electron chi connectivity index (χ1n) is 7.23. The summed E-state index contributed by atoms with van der Waals surface area (Å²) in [6, 6.07) is 17.3. The number of anilines is 2. The quantitative estimate of drug-likeness (QED) is 0.686. The highest BCUT2D eigenvalue weighted by molar-refractivity contribution is 5.79. The Bertz CT molecular complexity index is 827. The molecule has 116 valence electrons. The number of halogens is 1. The highest BCUT2D eigenvalue weighted by atomic mass is 19.1. The Balaban J connectivity index is 1.85. The third kappa shape index (κ3) is 3.11. The van der Waals surface area contributed by atoms with Gasteiger partial charge in [-0.25, -0.2) is 4.39 Å². The van der Waals surface area contributed by atoms with Crippen molar-refractivity contribution in [1.29, 1.82) is 0 Å². The third-order valence-electron chi connectivity index (χ3n) is 3.76. The Labute approximate surface area is 134 Å². The molecule has 4 N–H and O–H groups in total. The minimum absolute atomic E-state index is 0.288. The third-order valence-corrected chi connectivity index (χ3v) is 3.76. The maximum absolute atomic E-state index is 12.9. The van der Waals surface area contributed by atoms with Crippen LogP contribution in [-0.4, -0.2) is 0 Å². The lowest BCUT2D eigenvalue weighted by atomic mass is 9.98. The monoisotopic (exact) mass is 308 g/mol. The van der Waals surface area contributed by atoms with Crippen molar-refractivity contribution in [2.24, 2.45) is 0 Å². The van der Waals surface area contributed by atoms with Crippen LogP contribution in [0, 0.1) is 12.7 Å². The second-order valence-electron chi connectivity index (χ2n) is 5.32. The molecule has 0 aliphatic rings. The molecular formula is C19H17FN2O. The lowest BCUT2D eigenvalue weighted by Gasteiger charge is -2.12. The van der Waals surface area contributed by atoms with E-state index in [1.54, 1.807) is 18.2 Å². The van der Waals surface area contributed by atoms with E-state index < -0.39 is 0 Å². The molecular weight excluding hydrogens is 291 g/mol. The standard InChI is InChI=1S/C19H17FN2O/c1-12-17(10-11-18(21)19(12)22)13-2-6-15(7-3-13)23-16-8-4-14(20)5-9-16/h2-11H,21-22H2,1H3. The highest BCUT2D eigenvalue weighted by Crippen LogP contribution is 2.32. The van der Waals surface area contributed by atoms with Gasteiger partial charge in [-0.15, -0.1) is 0 Å². The van der Waals surface area contributed by atoms with Gasteiger partial charge >= 0.3 is 0 Å². The second kappa shape index (κ2) is 6.01. The van der Waals surface area contributed by atoms with Crippen molar-refractivity contribution < 1.29 is 9.13 Å². The number of nitrogens with two attached hydrogens (primary N) is 2. The van der Waals surface area contributed by atoms with Crippen LogP contribution in [0.15, 0.2) is 60.7 Å². The summed E-state index contributed by atoms with van der Waals surface area (Å²) in [6.07, 6.45) is 0. The van der Waals surface area contributed by atoms with Gasteiger partial charge in [-0.05, 0) is 66.1 Å². The predicted molar refractivity (Wildman–Crippen MR) is 91.9 cm³/mol. The van der Waals surface area contributed by atoms with Gasteiger partial charge in [0.25, 0.3) is 0 Å². The van der Waals surface area contributed by atoms with Gasteiger partial charge in [0.1, 0.15) is 17.3 Å². The van der Waals surface area contributed by atoms with E-state index in [0.29, 0.717) is 22.9 Å². The molecule has 0 saturated carbocycles. The van der Waals surface area contributed by atoms with E-state index in [2.05, 4.69) is 0 Å². The molecule has 0 saturated heterocycles. The topological polar surface area (TPSA) is 61.3 Å². The molecule has 0 unspecified atom stereocenters. The molecule has 0 aromatic heterocycles. The number of benzene rings is 3. The van der Waals surface area contributed by atoms with E-state index in [1.807, 2.05) is 37.3 Å². The minimum Gasteiger partial charge on any atom is -0.457 e. The lowest BCUT2D eigenvalue weighted by molar-refractivity contribution is 0.480. The average Bonchev–Trinajstić information content (AvgIpc) is 2.56. The van der Waals surface area contributed by atoms with Crippen LogP contribution in [0.2, 0.25) is 0 Å². The Kier molecular flexibility index (Phi) is 3.89. The normalized spacial score (nSPS) is 10.5. The van der Waals surface area contributed by atoms with Crippen molar-refractivity contribution in [1.82, 2.24) is 0 Å². The molecule has 0 heterocycles. The molecule has 3 aromatic carbocycles. The fourth-order valence-corrected chi connectivity index (χ4v) is 2.40. The zero-order valence-electron chi connectivity index (χ0n) is 12.7. The smallest absolute Gasteiger partial charge is 0.127 e. The van der Waals surface area contributed by atoms with Gasteiger partial charge < -0.3 is 16.2 Å². The Morgan fingerprint density at radius 1 is 0.783 bits per heavy atom. The lowest BCUT2D eigenvalue weighted by Crippen LogP contribution is -1.98. The number of hydrogen-bond donors (Lipinski definition) is 2. The van der Waals surface area contributed by atoms with Crippen LogP contribution >= 0.6 is 0 Å². The average molecular weight is 308 g/mol. The van der Waals surface area contributed by atoms with Crippen LogP contribution in [0.25, 0.3) is 11.1 Å². The van der Waals surface area contributed by atoms with Gasteiger partial charge in [0.05, 0.1) is 11.4 Å². The van der Waals surface area contributed by atoms with Crippen LogP contribution in [0.1, 0.15) is 5.56 Å². The number of hydrogen-bond acceptors (Lipinski definition) is 3. The van der Waals surface area contributed by atoms with E-state index in [-0.39, 0.29) is 5.82 Å². The molecule has 0 fully saturated rings. The molecule has 0 aliphatic heterocycles. The maximum Gasteiger partial charge on any atom is 0.127 e. The molecule has 3 rings (SSSR count). The first-order valence-corrected chi connectivity index (χ1v) is 7.23. The van der Waals surface area contributed by atoms with Gasteiger partial charge in [-0.1, -0.05) is 18.2 Å². The Hall–Kier alpha value is -3.01. The molecule has 23 heavy (non-hydrogen) atoms. The molecule has 0 atom stereocenters. The molecule has 0 spiro atoms. The number of ether oxygens (including phenoxy) is 1. The number of nitrogen functional groups attached to an aromatic ring is 2. The first-order chi connectivity index (χ1) is 11.0. The molecule has 0 radical (unpaired) electrons. The molecule has 0 aliphatic carbocycles. The first kappa shape index (κ1) is 14.9. The fraction of sp³-hybridized carbons (Fsp3) is 0.0526. The van der Waals surface area contributed by atoms with Crippen molar-refractivity contribution >= 4 is 11.4 Å². The van der Waals surface area contributed by atoms with Crippen molar-refractivity contribution in [3.63, 3.8) is 0 Å². The minimum atomic E-state index is -0.288. The molecule has 0 bridgehead atoms. The van der Waals surface area contributed by atoms with Gasteiger partial charge in [0.15, 0.2) is 0 Å². The maximum atomic E-state index is 12.9. The van der Waals surface area contributed by atoms with Crippen LogP contribution in [-0.2, 0) is 0 Å². The summed E-state index contributed by atoms with van der Waals surface area (Å²) in [5.74, 6) is 0.984. The highest BCUT2D eigenvalue weighted by Gasteiger charge is 2.07. The summed E-state index contributed by atoms with van der Waals surface area (Å²) >= 11 is 0. The van der Waals surface area contributed by atoms with E-state index >= 15 is 0 Å². The van der Waals surface area contributed by atoms with Crippen molar-refractivity contribution in [3.8, 4) is 22.6 Å². The Morgan fingerprint density at radius 3 is 1.96 bits per heavy atom. The van der Waals surface area contributed by atoms with Crippen LogP contribution < -0.4 is 16.2 Å². The second-order valence-corrected chi connectivity index (χ2v) is 5.32. The largest absolute Gasteiger partial charge is 0.457 e. The van der Waals surface area contributed by atoms with Crippen molar-refractivity contribution in [3.05, 3.63) is 72.0 Å². The summed E-state index contributed by atoms with van der Waals surface area (Å²) in [5.41, 5.74) is 16.0. The van der Waals surface area contributed by atoms with Gasteiger partial charge in [0, 0.05) is 0 Å². The van der Waals surface area contributed by atoms with E-state index in [1.165, 1.54) is 12.1 Å². The molecule has 4 heteroatoms. The van der Waals surface area contributed by atoms with E-state index in [0.717, 1.165) is 16.7 Å². The summed E-state index contributed by atoms with van der Waals surface area (Å²) < 4.78 is 18.6. The zero-order chi connectivity index (χ0) is 16.4. The summed E-state index contributed by atoms with van der Waals surface area (Å²) in [5, 5.41) is 0. The van der Waals surface area contributed by atoms with E-state index in [4.69, 9.17) is 16.2 Å². The van der Waals surface area contributed by atoms with Gasteiger partial charge in [-0.3, -0.25) is 0 Å². The van der Waals surface area contributed by atoms with Gasteiger partial charge in [-0.2, -0.15) is 0 Å². The molecule has 3 nitrogen and oxygen atoms in total. The molecule has 0 amide bonds. The van der Waals surface area contributed by atoms with Crippen molar-refractivity contribution in [2.75, 3.05) is 11.5 Å². The van der Waals surface area contributed by atoms with Crippen LogP contribution in [0.4, 0.5) is 15.8 Å². The summed E-state index contributed by atoms with van der Waals surface area (Å²) in [4.78, 5) is 0.